The van der Waals surface area contributed by atoms with Crippen molar-refractivity contribution in [1.82, 2.24) is 0 Å². The number of alkyl halides is 3. The van der Waals surface area contributed by atoms with Crippen molar-refractivity contribution in [2.75, 3.05) is 6.61 Å². The molecule has 0 radical (unpaired) electrons. The minimum absolute atomic E-state index is 0.113. The van der Waals surface area contributed by atoms with Crippen LogP contribution in [0.25, 0.3) is 0 Å². The highest BCUT2D eigenvalue weighted by Crippen LogP contribution is 2.48. The van der Waals surface area contributed by atoms with Crippen molar-refractivity contribution in [3.63, 3.8) is 0 Å². The van der Waals surface area contributed by atoms with Crippen molar-refractivity contribution >= 4 is 10.1 Å². The smallest absolute Gasteiger partial charge is 0.381 e. The minimum Gasteiger partial charge on any atom is -0.381 e. The molecule has 0 aromatic heterocycles. The highest BCUT2D eigenvalue weighted by molar-refractivity contribution is 7.87. The first-order chi connectivity index (χ1) is 8.95. The van der Waals surface area contributed by atoms with Crippen LogP contribution in [-0.4, -0.2) is 26.1 Å². The normalized spacial score (nSPS) is 30.4. The molecule has 2 rings (SSSR count). The summed E-state index contributed by atoms with van der Waals surface area (Å²) in [4.78, 5) is 0. The molecule has 20 heavy (non-hydrogen) atoms. The average Bonchev–Trinajstić information content (AvgIpc) is 2.57. The van der Waals surface area contributed by atoms with Gasteiger partial charge in [-0.05, 0) is 39.2 Å². The zero-order valence-corrected chi connectivity index (χ0v) is 12.1. The van der Waals surface area contributed by atoms with Crippen LogP contribution in [0.15, 0.2) is 11.8 Å². The Morgan fingerprint density at radius 2 is 2.00 bits per heavy atom. The molecule has 116 valence electrons. The summed E-state index contributed by atoms with van der Waals surface area (Å²) in [6.07, 6.45) is 3.46. The molecule has 0 bridgehead atoms. The second-order valence-corrected chi connectivity index (χ2v) is 7.62. The van der Waals surface area contributed by atoms with Crippen LogP contribution in [0.5, 0.6) is 0 Å². The van der Waals surface area contributed by atoms with E-state index in [1.165, 1.54) is 6.08 Å². The lowest BCUT2D eigenvalue weighted by Crippen LogP contribution is -2.29. The maximum Gasteiger partial charge on any atom is 0.534 e. The first-order valence-electron chi connectivity index (χ1n) is 6.29. The van der Waals surface area contributed by atoms with E-state index in [0.29, 0.717) is 19.4 Å². The third-order valence-electron chi connectivity index (χ3n) is 3.73. The molecule has 8 heteroatoms. The zero-order chi connectivity index (χ0) is 15.2. The van der Waals surface area contributed by atoms with Gasteiger partial charge in [0, 0.05) is 11.8 Å². The summed E-state index contributed by atoms with van der Waals surface area (Å²) in [6.45, 7) is 4.47. The molecule has 1 spiro atoms. The molecule has 1 atom stereocenters. The lowest BCUT2D eigenvalue weighted by molar-refractivity contribution is -0.0525. The zero-order valence-electron chi connectivity index (χ0n) is 11.3. The van der Waals surface area contributed by atoms with Crippen molar-refractivity contribution in [3.8, 4) is 0 Å². The van der Waals surface area contributed by atoms with Gasteiger partial charge in [-0.3, -0.25) is 0 Å². The molecule has 1 heterocycles. The monoisotopic (exact) mass is 314 g/mol. The Balaban J connectivity index is 2.04. The van der Waals surface area contributed by atoms with E-state index in [0.717, 1.165) is 6.42 Å². The molecule has 4 nitrogen and oxygen atoms in total. The van der Waals surface area contributed by atoms with Gasteiger partial charge >= 0.3 is 15.6 Å². The SMILES string of the molecule is CC1(C)CC2(CC=C(OS(=O)(=O)C(F)(F)F)CC2)CO1. The summed E-state index contributed by atoms with van der Waals surface area (Å²) in [7, 11) is -5.55. The average molecular weight is 314 g/mol. The second kappa shape index (κ2) is 4.62. The summed E-state index contributed by atoms with van der Waals surface area (Å²) in [5, 5.41) is 0. The first-order valence-corrected chi connectivity index (χ1v) is 7.69. The lowest BCUT2D eigenvalue weighted by atomic mass is 9.73. The van der Waals surface area contributed by atoms with Gasteiger partial charge < -0.3 is 8.92 Å². The van der Waals surface area contributed by atoms with E-state index >= 15 is 0 Å². The number of rotatable bonds is 2. The Morgan fingerprint density at radius 1 is 1.35 bits per heavy atom. The summed E-state index contributed by atoms with van der Waals surface area (Å²) < 4.78 is 68.3. The van der Waals surface area contributed by atoms with E-state index in [-0.39, 0.29) is 23.2 Å². The molecule has 0 amide bonds. The van der Waals surface area contributed by atoms with Crippen LogP contribution in [0, 0.1) is 5.41 Å². The highest BCUT2D eigenvalue weighted by Gasteiger charge is 2.50. The van der Waals surface area contributed by atoms with Crippen molar-refractivity contribution in [3.05, 3.63) is 11.8 Å². The molecule has 1 unspecified atom stereocenters. The molecule has 2 aliphatic rings. The Hall–Kier alpha value is -0.760. The second-order valence-electron chi connectivity index (χ2n) is 6.08. The van der Waals surface area contributed by atoms with Crippen LogP contribution >= 0.6 is 0 Å². The van der Waals surface area contributed by atoms with Gasteiger partial charge in [0.25, 0.3) is 0 Å². The highest BCUT2D eigenvalue weighted by atomic mass is 32.2. The molecule has 1 saturated heterocycles. The third kappa shape index (κ3) is 3.11. The topological polar surface area (TPSA) is 52.6 Å². The van der Waals surface area contributed by atoms with Crippen molar-refractivity contribution in [1.29, 1.82) is 0 Å². The Labute approximate surface area is 116 Å². The van der Waals surface area contributed by atoms with Crippen molar-refractivity contribution < 1.29 is 30.5 Å². The molecule has 0 saturated carbocycles. The van der Waals surface area contributed by atoms with Crippen molar-refractivity contribution in [2.45, 2.75) is 50.6 Å². The maximum atomic E-state index is 12.2. The fraction of sp³-hybridized carbons (Fsp3) is 0.833. The number of hydrogen-bond acceptors (Lipinski definition) is 4. The number of hydrogen-bond donors (Lipinski definition) is 0. The van der Waals surface area contributed by atoms with Gasteiger partial charge in [0.2, 0.25) is 0 Å². The van der Waals surface area contributed by atoms with Crippen LogP contribution in [0.2, 0.25) is 0 Å². The molecule has 1 aliphatic heterocycles. The number of allylic oxidation sites excluding steroid dienone is 2. The van der Waals surface area contributed by atoms with Gasteiger partial charge in [0.15, 0.2) is 0 Å². The van der Waals surface area contributed by atoms with Gasteiger partial charge in [-0.15, -0.1) is 0 Å². The van der Waals surface area contributed by atoms with Gasteiger partial charge in [-0.25, -0.2) is 0 Å². The first kappa shape index (κ1) is 15.6. The van der Waals surface area contributed by atoms with Crippen molar-refractivity contribution in [2.24, 2.45) is 5.41 Å². The van der Waals surface area contributed by atoms with Gasteiger partial charge in [-0.1, -0.05) is 0 Å². The standard InChI is InChI=1S/C12H17F3O4S/c1-10(2)7-11(8-18-10)5-3-9(4-6-11)19-20(16,17)12(13,14)15/h3H,4-8H2,1-2H3. The van der Waals surface area contributed by atoms with E-state index < -0.39 is 15.6 Å². The predicted octanol–water partition coefficient (Wildman–Crippen LogP) is 3.11. The van der Waals surface area contributed by atoms with E-state index in [9.17, 15) is 21.6 Å². The van der Waals surface area contributed by atoms with Crippen LogP contribution in [-0.2, 0) is 19.0 Å². The quantitative estimate of drug-likeness (QED) is 0.580. The fourth-order valence-corrected chi connectivity index (χ4v) is 3.36. The molecule has 0 N–H and O–H groups in total. The fourth-order valence-electron chi connectivity index (χ4n) is 2.83. The van der Waals surface area contributed by atoms with Crippen LogP contribution in [0.1, 0.15) is 39.5 Å². The van der Waals surface area contributed by atoms with Crippen LogP contribution < -0.4 is 0 Å². The molecular weight excluding hydrogens is 297 g/mol. The summed E-state index contributed by atoms with van der Waals surface area (Å²) in [5.74, 6) is -0.127. The minimum atomic E-state index is -5.55. The van der Waals surface area contributed by atoms with E-state index in [2.05, 4.69) is 4.18 Å². The third-order valence-corrected chi connectivity index (χ3v) is 4.73. The molecular formula is C12H17F3O4S. The van der Waals surface area contributed by atoms with Gasteiger partial charge in [-0.2, -0.15) is 21.6 Å². The number of ether oxygens (including phenoxy) is 1. The van der Waals surface area contributed by atoms with E-state index in [4.69, 9.17) is 4.74 Å². The van der Waals surface area contributed by atoms with E-state index in [1.807, 2.05) is 13.8 Å². The molecule has 1 fully saturated rings. The Kier molecular flexibility index (Phi) is 3.61. The largest absolute Gasteiger partial charge is 0.534 e. The van der Waals surface area contributed by atoms with Gasteiger partial charge in [0.1, 0.15) is 5.76 Å². The lowest BCUT2D eigenvalue weighted by Gasteiger charge is -2.31. The van der Waals surface area contributed by atoms with Crippen LogP contribution in [0.3, 0.4) is 0 Å². The summed E-state index contributed by atoms with van der Waals surface area (Å²) >= 11 is 0. The Morgan fingerprint density at radius 3 is 2.40 bits per heavy atom. The predicted molar refractivity (Wildman–Crippen MR) is 65.1 cm³/mol. The summed E-state index contributed by atoms with van der Waals surface area (Å²) in [5.41, 5.74) is -5.75. The molecule has 0 aromatic carbocycles. The number of halogens is 3. The van der Waals surface area contributed by atoms with Gasteiger partial charge in [0.05, 0.1) is 12.2 Å². The van der Waals surface area contributed by atoms with E-state index in [1.54, 1.807) is 0 Å². The molecule has 0 aromatic rings. The Bertz CT molecular complexity index is 521. The summed E-state index contributed by atoms with van der Waals surface area (Å²) in [6, 6.07) is 0. The maximum absolute atomic E-state index is 12.2. The van der Waals surface area contributed by atoms with Crippen LogP contribution in [0.4, 0.5) is 13.2 Å². The molecule has 1 aliphatic carbocycles.